The van der Waals surface area contributed by atoms with Crippen molar-refractivity contribution >= 4 is 29.2 Å². The van der Waals surface area contributed by atoms with Crippen molar-refractivity contribution in [2.45, 2.75) is 26.2 Å². The zero-order chi connectivity index (χ0) is 18.2. The first kappa shape index (κ1) is 18.3. The molecule has 1 heterocycles. The first-order chi connectivity index (χ1) is 11.1. The van der Waals surface area contributed by atoms with Gasteiger partial charge < -0.3 is 9.84 Å². The van der Waals surface area contributed by atoms with E-state index in [1.165, 1.54) is 33.0 Å². The highest BCUT2D eigenvalue weighted by molar-refractivity contribution is 6.35. The number of hydrogen-bond acceptors (Lipinski definition) is 4. The first-order valence-corrected chi connectivity index (χ1v) is 7.76. The van der Waals surface area contributed by atoms with Crippen molar-refractivity contribution in [3.8, 4) is 11.5 Å². The van der Waals surface area contributed by atoms with Gasteiger partial charge in [-0.3, -0.25) is 9.59 Å². The van der Waals surface area contributed by atoms with Gasteiger partial charge in [0.25, 0.3) is 0 Å². The largest absolute Gasteiger partial charge is 0.481 e. The summed E-state index contributed by atoms with van der Waals surface area (Å²) in [6.45, 7) is 4.58. The van der Waals surface area contributed by atoms with Crippen LogP contribution < -0.4 is 10.3 Å². The van der Waals surface area contributed by atoms with E-state index in [9.17, 15) is 14.7 Å². The minimum Gasteiger partial charge on any atom is -0.481 e. The Morgan fingerprint density at radius 1 is 1.33 bits per heavy atom. The monoisotopic (exact) mass is 370 g/mol. The molecular weight excluding hydrogens is 355 g/mol. The second kappa shape index (κ2) is 6.45. The van der Waals surface area contributed by atoms with Gasteiger partial charge in [0.15, 0.2) is 5.75 Å². The number of ether oxygens (including phenoxy) is 1. The van der Waals surface area contributed by atoms with Crippen LogP contribution in [0.5, 0.6) is 11.5 Å². The lowest BCUT2D eigenvalue weighted by molar-refractivity contribution is -0.142. The molecule has 6 nitrogen and oxygen atoms in total. The second-order valence-electron chi connectivity index (χ2n) is 5.83. The summed E-state index contributed by atoms with van der Waals surface area (Å²) in [5, 5.41) is 14.2. The van der Waals surface area contributed by atoms with Crippen molar-refractivity contribution in [2.24, 2.45) is 7.05 Å². The Morgan fingerprint density at radius 2 is 1.96 bits per heavy atom. The highest BCUT2D eigenvalue weighted by atomic mass is 35.5. The molecule has 0 amide bonds. The average molecular weight is 371 g/mol. The number of rotatable bonds is 4. The van der Waals surface area contributed by atoms with Crippen molar-refractivity contribution in [1.82, 2.24) is 9.78 Å². The van der Waals surface area contributed by atoms with E-state index in [1.54, 1.807) is 13.0 Å². The molecule has 0 aliphatic carbocycles. The predicted molar refractivity (Wildman–Crippen MR) is 91.4 cm³/mol. The maximum absolute atomic E-state index is 12.5. The highest BCUT2D eigenvalue weighted by Crippen LogP contribution is 2.36. The Balaban J connectivity index is 2.72. The van der Waals surface area contributed by atoms with E-state index in [2.05, 4.69) is 5.10 Å². The van der Waals surface area contributed by atoms with E-state index >= 15 is 0 Å². The third kappa shape index (κ3) is 3.25. The molecule has 1 aromatic carbocycles. The molecule has 24 heavy (non-hydrogen) atoms. The molecule has 0 atom stereocenters. The van der Waals surface area contributed by atoms with Crippen LogP contribution in [0, 0.1) is 6.92 Å². The average Bonchev–Trinajstić information content (AvgIpc) is 2.46. The number of aliphatic carboxylic acids is 1. The molecule has 8 heteroatoms. The molecule has 2 aromatic rings. The first-order valence-electron chi connectivity index (χ1n) is 7.00. The normalized spacial score (nSPS) is 11.4. The lowest BCUT2D eigenvalue weighted by Gasteiger charge is -2.24. The van der Waals surface area contributed by atoms with Gasteiger partial charge in [0.2, 0.25) is 0 Å². The molecule has 0 radical (unpaired) electrons. The number of nitrogens with zero attached hydrogens (tertiary/aromatic N) is 2. The predicted octanol–water partition coefficient (Wildman–Crippen LogP) is 3.55. The Labute approximate surface area is 148 Å². The molecule has 0 aliphatic heterocycles. The van der Waals surface area contributed by atoms with Crippen LogP contribution >= 0.6 is 23.2 Å². The van der Waals surface area contributed by atoms with Gasteiger partial charge in [0.1, 0.15) is 5.75 Å². The molecule has 1 aromatic heterocycles. The molecule has 2 rings (SSSR count). The fraction of sp³-hybridized carbons (Fsp3) is 0.312. The standard InChI is InChI=1S/C16H16Cl2N2O4/c1-8-12(16(2,3)15(22)23)13(14(21)20(4)19-8)24-11-6-5-9(17)7-10(11)18/h5-7H,1-4H3,(H,22,23). The van der Waals surface area contributed by atoms with E-state index in [1.807, 2.05) is 0 Å². The number of halogens is 2. The summed E-state index contributed by atoms with van der Waals surface area (Å²) in [6, 6.07) is 4.54. The van der Waals surface area contributed by atoms with Crippen LogP contribution in [-0.2, 0) is 17.3 Å². The molecule has 0 bridgehead atoms. The Hall–Kier alpha value is -2.05. The Kier molecular flexibility index (Phi) is 4.92. The van der Waals surface area contributed by atoms with E-state index in [-0.39, 0.29) is 22.1 Å². The number of carboxylic acid groups (broad SMARTS) is 1. The van der Waals surface area contributed by atoms with Gasteiger partial charge in [-0.25, -0.2) is 4.68 Å². The van der Waals surface area contributed by atoms with E-state index in [0.29, 0.717) is 10.7 Å². The van der Waals surface area contributed by atoms with Crippen LogP contribution in [0.4, 0.5) is 0 Å². The summed E-state index contributed by atoms with van der Waals surface area (Å²) in [6.07, 6.45) is 0. The summed E-state index contributed by atoms with van der Waals surface area (Å²) in [5.41, 5.74) is -1.36. The molecule has 0 aliphatic rings. The highest BCUT2D eigenvalue weighted by Gasteiger charge is 2.37. The fourth-order valence-corrected chi connectivity index (χ4v) is 2.79. The summed E-state index contributed by atoms with van der Waals surface area (Å²) >= 11 is 11.9. The fourth-order valence-electron chi connectivity index (χ4n) is 2.34. The van der Waals surface area contributed by atoms with E-state index < -0.39 is 16.9 Å². The molecule has 0 saturated heterocycles. The minimum atomic E-state index is -1.38. The van der Waals surface area contributed by atoms with Crippen LogP contribution in [-0.4, -0.2) is 20.9 Å². The lowest BCUT2D eigenvalue weighted by Crippen LogP contribution is -2.34. The van der Waals surface area contributed by atoms with Crippen molar-refractivity contribution in [3.63, 3.8) is 0 Å². The second-order valence-corrected chi connectivity index (χ2v) is 6.67. The van der Waals surface area contributed by atoms with Crippen molar-refractivity contribution in [3.05, 3.63) is 49.9 Å². The summed E-state index contributed by atoms with van der Waals surface area (Å²) < 4.78 is 6.79. The molecule has 1 N–H and O–H groups in total. The van der Waals surface area contributed by atoms with Gasteiger partial charge in [-0.05, 0) is 39.0 Å². The van der Waals surface area contributed by atoms with Crippen LogP contribution in [0.3, 0.4) is 0 Å². The third-order valence-corrected chi connectivity index (χ3v) is 4.17. The number of carbonyl (C=O) groups is 1. The van der Waals surface area contributed by atoms with Crippen molar-refractivity contribution in [2.75, 3.05) is 0 Å². The summed E-state index contributed by atoms with van der Waals surface area (Å²) in [5.74, 6) is -1.03. The Bertz CT molecular complexity index is 875. The number of aryl methyl sites for hydroxylation is 2. The number of benzene rings is 1. The zero-order valence-corrected chi connectivity index (χ0v) is 15.1. The maximum atomic E-state index is 12.5. The topological polar surface area (TPSA) is 81.4 Å². The van der Waals surface area contributed by atoms with Crippen LogP contribution in [0.25, 0.3) is 0 Å². The lowest BCUT2D eigenvalue weighted by atomic mass is 9.83. The minimum absolute atomic E-state index is 0.123. The molecule has 0 fully saturated rings. The molecule has 0 saturated carbocycles. The van der Waals surface area contributed by atoms with Crippen LogP contribution in [0.2, 0.25) is 10.0 Å². The molecular formula is C16H16Cl2N2O4. The van der Waals surface area contributed by atoms with Gasteiger partial charge in [0, 0.05) is 17.6 Å². The van der Waals surface area contributed by atoms with E-state index in [4.69, 9.17) is 27.9 Å². The smallest absolute Gasteiger partial charge is 0.313 e. The number of aromatic nitrogens is 2. The zero-order valence-electron chi connectivity index (χ0n) is 13.6. The van der Waals surface area contributed by atoms with Gasteiger partial charge >= 0.3 is 11.5 Å². The van der Waals surface area contributed by atoms with Crippen molar-refractivity contribution < 1.29 is 14.6 Å². The van der Waals surface area contributed by atoms with Gasteiger partial charge in [0.05, 0.1) is 16.1 Å². The van der Waals surface area contributed by atoms with Gasteiger partial charge in [-0.2, -0.15) is 5.10 Å². The molecule has 128 valence electrons. The van der Waals surface area contributed by atoms with Gasteiger partial charge in [-0.15, -0.1) is 0 Å². The van der Waals surface area contributed by atoms with Crippen molar-refractivity contribution in [1.29, 1.82) is 0 Å². The van der Waals surface area contributed by atoms with Crippen LogP contribution in [0.1, 0.15) is 25.1 Å². The van der Waals surface area contributed by atoms with E-state index in [0.717, 1.165) is 4.68 Å². The quantitative estimate of drug-likeness (QED) is 0.889. The number of hydrogen-bond donors (Lipinski definition) is 1. The Morgan fingerprint density at radius 3 is 2.50 bits per heavy atom. The number of carboxylic acids is 1. The summed E-state index contributed by atoms with van der Waals surface area (Å²) in [7, 11) is 1.46. The molecule has 0 spiro atoms. The SMILES string of the molecule is Cc1nn(C)c(=O)c(Oc2ccc(Cl)cc2Cl)c1C(C)(C)C(=O)O. The third-order valence-electron chi connectivity index (χ3n) is 3.64. The summed E-state index contributed by atoms with van der Waals surface area (Å²) in [4.78, 5) is 24.2. The maximum Gasteiger partial charge on any atom is 0.313 e. The van der Waals surface area contributed by atoms with Gasteiger partial charge in [-0.1, -0.05) is 23.2 Å². The molecule has 0 unspecified atom stereocenters. The van der Waals surface area contributed by atoms with Crippen LogP contribution in [0.15, 0.2) is 23.0 Å².